The van der Waals surface area contributed by atoms with Crippen LogP contribution in [0.25, 0.3) is 0 Å². The van der Waals surface area contributed by atoms with Crippen LogP contribution in [0.4, 0.5) is 28.9 Å². The lowest BCUT2D eigenvalue weighted by Crippen LogP contribution is -2.52. The third-order valence-electron chi connectivity index (χ3n) is 4.46. The molecule has 1 saturated heterocycles. The first-order valence-electron chi connectivity index (χ1n) is 9.51. The molecule has 2 rings (SSSR count). The van der Waals surface area contributed by atoms with Gasteiger partial charge in [0.05, 0.1) is 18.8 Å². The van der Waals surface area contributed by atoms with Gasteiger partial charge in [-0.1, -0.05) is 13.8 Å². The third-order valence-corrected chi connectivity index (χ3v) is 4.46. The Morgan fingerprint density at radius 2 is 2.07 bits per heavy atom. The fraction of sp³-hybridized carbons (Fsp3) is 0.579. The number of morpholine rings is 1. The number of anilines is 2. The number of carbonyl (C=O) groups excluding carboxylic acids is 2. The zero-order valence-corrected chi connectivity index (χ0v) is 16.8. The van der Waals surface area contributed by atoms with Gasteiger partial charge >= 0.3 is 6.18 Å². The highest BCUT2D eigenvalue weighted by atomic mass is 19.4. The number of amides is 2. The molecule has 11 heteroatoms. The molecule has 2 amide bonds. The molecule has 0 bridgehead atoms. The van der Waals surface area contributed by atoms with Gasteiger partial charge in [0.15, 0.2) is 0 Å². The summed E-state index contributed by atoms with van der Waals surface area (Å²) in [4.78, 5) is 26.8. The van der Waals surface area contributed by atoms with Crippen molar-refractivity contribution in [2.75, 3.05) is 49.6 Å². The molecule has 1 aliphatic rings. The van der Waals surface area contributed by atoms with Crippen LogP contribution >= 0.6 is 0 Å². The van der Waals surface area contributed by atoms with Crippen molar-refractivity contribution in [3.05, 3.63) is 24.0 Å². The summed E-state index contributed by atoms with van der Waals surface area (Å²) in [6.07, 6.45) is -4.51. The van der Waals surface area contributed by atoms with Crippen molar-refractivity contribution >= 4 is 23.2 Å². The average molecular weight is 434 g/mol. The lowest BCUT2D eigenvalue weighted by molar-refractivity contribution is -0.154. The van der Waals surface area contributed by atoms with Crippen LogP contribution < -0.4 is 16.0 Å². The Labute approximate surface area is 172 Å². The molecular weight excluding hydrogens is 408 g/mol. The van der Waals surface area contributed by atoms with Gasteiger partial charge in [0, 0.05) is 25.3 Å². The Hall–Kier alpha value is -2.24. The second-order valence-corrected chi connectivity index (χ2v) is 7.44. The fourth-order valence-corrected chi connectivity index (χ4v) is 3.20. The molecule has 0 aliphatic carbocycles. The molecule has 7 nitrogen and oxygen atoms in total. The summed E-state index contributed by atoms with van der Waals surface area (Å²) in [5.41, 5.74) is 5.67. The van der Waals surface area contributed by atoms with Gasteiger partial charge in [-0.25, -0.2) is 4.39 Å². The van der Waals surface area contributed by atoms with Gasteiger partial charge in [0.25, 0.3) is 5.91 Å². The van der Waals surface area contributed by atoms with Crippen LogP contribution in [0.3, 0.4) is 0 Å². The molecule has 1 atom stereocenters. The second-order valence-electron chi connectivity index (χ2n) is 7.44. The van der Waals surface area contributed by atoms with Crippen LogP contribution in [0.15, 0.2) is 18.2 Å². The highest BCUT2D eigenvalue weighted by Crippen LogP contribution is 2.24. The highest BCUT2D eigenvalue weighted by molar-refractivity contribution is 5.97. The van der Waals surface area contributed by atoms with E-state index < -0.39 is 30.5 Å². The first kappa shape index (κ1) is 24.0. The normalized spacial score (nSPS) is 16.3. The summed E-state index contributed by atoms with van der Waals surface area (Å²) < 4.78 is 58.4. The molecule has 0 saturated carbocycles. The van der Waals surface area contributed by atoms with E-state index in [1.54, 1.807) is 13.8 Å². The molecule has 0 radical (unpaired) electrons. The largest absolute Gasteiger partial charge is 0.401 e. The Morgan fingerprint density at radius 1 is 1.37 bits per heavy atom. The standard InChI is InChI=1S/C19H26F4N4O3/c1-12(2)9-26(11-19(21,22)23)16(8-24)18(29)25-15-4-3-13(7-14(15)20)27-5-6-30-10-17(27)28/h3-4,7,12,16H,5-6,8-11,24H2,1-2H3,(H,25,29)/t16-/m0/s1. The number of ether oxygens (including phenoxy) is 1. The van der Waals surface area contributed by atoms with Crippen molar-refractivity contribution < 1.29 is 31.9 Å². The van der Waals surface area contributed by atoms with Crippen molar-refractivity contribution in [2.24, 2.45) is 11.7 Å². The molecule has 0 unspecified atom stereocenters. The zero-order chi connectivity index (χ0) is 22.5. The van der Waals surface area contributed by atoms with E-state index in [0.717, 1.165) is 11.0 Å². The van der Waals surface area contributed by atoms with E-state index in [1.807, 2.05) is 0 Å². The smallest absolute Gasteiger partial charge is 0.370 e. The van der Waals surface area contributed by atoms with Gasteiger partial charge in [-0.15, -0.1) is 0 Å². The molecule has 1 fully saturated rings. The van der Waals surface area contributed by atoms with Gasteiger partial charge in [-0.3, -0.25) is 14.5 Å². The Balaban J connectivity index is 2.16. The van der Waals surface area contributed by atoms with E-state index in [4.69, 9.17) is 10.5 Å². The number of hydrogen-bond acceptors (Lipinski definition) is 5. The van der Waals surface area contributed by atoms with E-state index in [9.17, 15) is 27.2 Å². The molecule has 1 aromatic rings. The molecule has 30 heavy (non-hydrogen) atoms. The molecule has 3 N–H and O–H groups in total. The minimum atomic E-state index is -4.51. The number of hydrogen-bond donors (Lipinski definition) is 2. The van der Waals surface area contributed by atoms with Crippen molar-refractivity contribution in [1.82, 2.24) is 4.90 Å². The van der Waals surface area contributed by atoms with Gasteiger partial charge in [-0.05, 0) is 24.1 Å². The molecule has 1 heterocycles. The third kappa shape index (κ3) is 6.64. The monoisotopic (exact) mass is 434 g/mol. The van der Waals surface area contributed by atoms with Crippen LogP contribution in [0.2, 0.25) is 0 Å². The van der Waals surface area contributed by atoms with Crippen molar-refractivity contribution in [2.45, 2.75) is 26.1 Å². The lowest BCUT2D eigenvalue weighted by Gasteiger charge is -2.32. The Bertz CT molecular complexity index is 758. The van der Waals surface area contributed by atoms with E-state index in [2.05, 4.69) is 5.32 Å². The maximum atomic E-state index is 14.5. The van der Waals surface area contributed by atoms with E-state index in [1.165, 1.54) is 17.0 Å². The number of benzene rings is 1. The number of nitrogens with one attached hydrogen (secondary N) is 1. The Kier molecular flexibility index (Phi) is 8.16. The summed E-state index contributed by atoms with van der Waals surface area (Å²) in [5, 5.41) is 2.31. The van der Waals surface area contributed by atoms with Crippen LogP contribution in [-0.2, 0) is 14.3 Å². The summed E-state index contributed by atoms with van der Waals surface area (Å²) in [5.74, 6) is -2.12. The van der Waals surface area contributed by atoms with Crippen molar-refractivity contribution in [3.8, 4) is 0 Å². The quantitative estimate of drug-likeness (QED) is 0.611. The van der Waals surface area contributed by atoms with Crippen molar-refractivity contribution in [3.63, 3.8) is 0 Å². The minimum Gasteiger partial charge on any atom is -0.370 e. The average Bonchev–Trinajstić information content (AvgIpc) is 2.62. The molecule has 168 valence electrons. The summed E-state index contributed by atoms with van der Waals surface area (Å²) in [6, 6.07) is 2.50. The van der Waals surface area contributed by atoms with E-state index in [-0.39, 0.29) is 43.8 Å². The molecule has 0 aromatic heterocycles. The number of rotatable bonds is 8. The Morgan fingerprint density at radius 3 is 2.60 bits per heavy atom. The minimum absolute atomic E-state index is 0.00460. The maximum Gasteiger partial charge on any atom is 0.401 e. The van der Waals surface area contributed by atoms with Crippen molar-refractivity contribution in [1.29, 1.82) is 0 Å². The molecule has 1 aromatic carbocycles. The predicted octanol–water partition coefficient (Wildman–Crippen LogP) is 1.98. The highest BCUT2D eigenvalue weighted by Gasteiger charge is 2.36. The molecular formula is C19H26F4N4O3. The van der Waals surface area contributed by atoms with Crippen LogP contribution in [0.1, 0.15) is 13.8 Å². The summed E-state index contributed by atoms with van der Waals surface area (Å²) >= 11 is 0. The number of nitrogens with zero attached hydrogens (tertiary/aromatic N) is 2. The fourth-order valence-electron chi connectivity index (χ4n) is 3.20. The maximum absolute atomic E-state index is 14.5. The topological polar surface area (TPSA) is 87.9 Å². The van der Waals surface area contributed by atoms with Crippen LogP contribution in [0.5, 0.6) is 0 Å². The van der Waals surface area contributed by atoms with Gasteiger partial charge in [0.2, 0.25) is 5.91 Å². The first-order valence-corrected chi connectivity index (χ1v) is 9.51. The molecule has 1 aliphatic heterocycles. The number of nitrogens with two attached hydrogens (primary N) is 1. The number of alkyl halides is 3. The SMILES string of the molecule is CC(C)CN(CC(F)(F)F)[C@@H](CN)C(=O)Nc1ccc(N2CCOCC2=O)cc1F. The molecule has 0 spiro atoms. The van der Waals surface area contributed by atoms with E-state index in [0.29, 0.717) is 12.3 Å². The predicted molar refractivity (Wildman–Crippen MR) is 104 cm³/mol. The van der Waals surface area contributed by atoms with Crippen LogP contribution in [0, 0.1) is 11.7 Å². The van der Waals surface area contributed by atoms with Crippen LogP contribution in [-0.4, -0.2) is 68.3 Å². The van der Waals surface area contributed by atoms with E-state index >= 15 is 0 Å². The second kappa shape index (κ2) is 10.2. The number of halogens is 4. The zero-order valence-electron chi connectivity index (χ0n) is 16.8. The summed E-state index contributed by atoms with van der Waals surface area (Å²) in [7, 11) is 0. The lowest BCUT2D eigenvalue weighted by atomic mass is 10.1. The first-order chi connectivity index (χ1) is 14.0. The van der Waals surface area contributed by atoms with Gasteiger partial charge < -0.3 is 20.7 Å². The summed E-state index contributed by atoms with van der Waals surface area (Å²) in [6.45, 7) is 2.24. The van der Waals surface area contributed by atoms with Gasteiger partial charge in [-0.2, -0.15) is 13.2 Å². The number of carbonyl (C=O) groups is 2. The van der Waals surface area contributed by atoms with Gasteiger partial charge in [0.1, 0.15) is 18.5 Å².